The molecule has 0 bridgehead atoms. The molecule has 0 spiro atoms. The third-order valence-electron chi connectivity index (χ3n) is 11.7. The van der Waals surface area contributed by atoms with Crippen LogP contribution >= 0.6 is 8.60 Å². The predicted molar refractivity (Wildman–Crippen MR) is 248 cm³/mol. The van der Waals surface area contributed by atoms with Crippen molar-refractivity contribution in [1.29, 1.82) is 0 Å². The van der Waals surface area contributed by atoms with Gasteiger partial charge in [-0.25, -0.2) is 0 Å². The summed E-state index contributed by atoms with van der Waals surface area (Å²) in [4.78, 5) is 0. The van der Waals surface area contributed by atoms with Crippen LogP contribution in [0, 0.1) is 13.8 Å². The van der Waals surface area contributed by atoms with Gasteiger partial charge in [-0.05, 0) is 74.2 Å². The fourth-order valence-electron chi connectivity index (χ4n) is 7.99. The highest BCUT2D eigenvalue weighted by Crippen LogP contribution is 2.57. The smallest absolute Gasteiger partial charge is 0.507 e. The number of hydrogen-bond donors (Lipinski definition) is 1. The molecule has 4 aromatic carbocycles. The number of phenols is 1. The molecule has 1 N–H and O–H groups in total. The van der Waals surface area contributed by atoms with Gasteiger partial charge in [-0.15, -0.1) is 0 Å². The van der Waals surface area contributed by atoms with E-state index in [4.69, 9.17) is 13.6 Å². The molecule has 0 saturated heterocycles. The Hall–Kier alpha value is -3.49. The summed E-state index contributed by atoms with van der Waals surface area (Å²) in [7, 11) is -2.05. The van der Waals surface area contributed by atoms with Crippen LogP contribution in [0.2, 0.25) is 0 Å². The number of benzene rings is 4. The van der Waals surface area contributed by atoms with Gasteiger partial charge in [0.2, 0.25) is 0 Å². The van der Waals surface area contributed by atoms with Gasteiger partial charge >= 0.3 is 8.60 Å². The Kier molecular flexibility index (Phi) is 12.0. The molecule has 0 amide bonds. The molecule has 0 radical (unpaired) electrons. The number of rotatable bonds is 4. The molecule has 58 heavy (non-hydrogen) atoms. The summed E-state index contributed by atoms with van der Waals surface area (Å²) >= 11 is 0. The van der Waals surface area contributed by atoms with Gasteiger partial charge in [0.05, 0.1) is 0 Å². The first-order chi connectivity index (χ1) is 26.2. The maximum Gasteiger partial charge on any atom is 0.530 e. The molecule has 4 nitrogen and oxygen atoms in total. The SMILES string of the molecule is Cc1cc(Cc2cc(C)cc(C(C)(C)C)c2OP2Oc3c(cc(C(C)(C)C)cc3C(C)(C)C)C(C)c3cc(C(C)(C)C)cc(C(C)(C)C)c3O2)c(O)c(C(C)(C)C)c1. The van der Waals surface area contributed by atoms with Crippen molar-refractivity contribution >= 4 is 8.60 Å². The van der Waals surface area contributed by atoms with E-state index in [2.05, 4.69) is 194 Å². The van der Waals surface area contributed by atoms with Crippen molar-refractivity contribution in [3.05, 3.63) is 115 Å². The second-order valence-corrected chi connectivity index (χ2v) is 24.4. The molecule has 1 heterocycles. The van der Waals surface area contributed by atoms with E-state index in [1.54, 1.807) is 0 Å². The quantitative estimate of drug-likeness (QED) is 0.209. The average molecular weight is 807 g/mol. The van der Waals surface area contributed by atoms with Crippen molar-refractivity contribution in [1.82, 2.24) is 0 Å². The Balaban J connectivity index is 1.86. The van der Waals surface area contributed by atoms with Crippen LogP contribution in [0.5, 0.6) is 23.0 Å². The standard InChI is InChI=1S/C53H75O4P/c1-31-22-34(44(54)40(24-31)50(10,11)12)26-35-23-32(2)25-41(51(13,14)15)45(35)55-58-56-46-38(27-36(48(4,5)6)29-42(46)52(16,17)18)33(3)39-28-37(49(7,8)9)30-43(47(39)57-58)53(19,20)21/h22-25,27-30,33,54H,26H2,1-21H3. The van der Waals surface area contributed by atoms with Crippen molar-refractivity contribution in [2.45, 2.75) is 190 Å². The molecular formula is C53H75O4P. The molecule has 0 aromatic heterocycles. The Morgan fingerprint density at radius 3 is 1.26 bits per heavy atom. The molecule has 0 saturated carbocycles. The Morgan fingerprint density at radius 2 is 0.879 bits per heavy atom. The van der Waals surface area contributed by atoms with Crippen LogP contribution in [0.4, 0.5) is 0 Å². The van der Waals surface area contributed by atoms with E-state index >= 15 is 0 Å². The summed E-state index contributed by atoms with van der Waals surface area (Å²) in [5.74, 6) is 2.78. The molecular weight excluding hydrogens is 732 g/mol. The molecule has 316 valence electrons. The summed E-state index contributed by atoms with van der Waals surface area (Å²) in [6.07, 6.45) is 0.494. The van der Waals surface area contributed by atoms with Gasteiger partial charge in [0, 0.05) is 40.2 Å². The van der Waals surface area contributed by atoms with Crippen LogP contribution in [-0.4, -0.2) is 5.11 Å². The van der Waals surface area contributed by atoms with Crippen LogP contribution in [0.1, 0.15) is 204 Å². The topological polar surface area (TPSA) is 47.9 Å². The second kappa shape index (κ2) is 15.2. The van der Waals surface area contributed by atoms with Crippen molar-refractivity contribution < 1.29 is 18.7 Å². The first kappa shape index (κ1) is 45.6. The van der Waals surface area contributed by atoms with Crippen LogP contribution in [-0.2, 0) is 38.9 Å². The minimum atomic E-state index is -2.05. The highest BCUT2D eigenvalue weighted by molar-refractivity contribution is 7.43. The molecule has 0 fully saturated rings. The van der Waals surface area contributed by atoms with E-state index in [1.165, 1.54) is 11.1 Å². The number of hydrogen-bond acceptors (Lipinski definition) is 4. The summed E-state index contributed by atoms with van der Waals surface area (Å²) in [5.41, 5.74) is 12.2. The highest BCUT2D eigenvalue weighted by Gasteiger charge is 2.39. The highest BCUT2D eigenvalue weighted by atomic mass is 31.2. The summed E-state index contributed by atoms with van der Waals surface area (Å²) < 4.78 is 22.1. The first-order valence-corrected chi connectivity index (χ1v) is 22.5. The van der Waals surface area contributed by atoms with Gasteiger partial charge < -0.3 is 18.7 Å². The fourth-order valence-corrected chi connectivity index (χ4v) is 9.17. The summed E-state index contributed by atoms with van der Waals surface area (Å²) in [6.45, 7) is 47.1. The third kappa shape index (κ3) is 9.59. The van der Waals surface area contributed by atoms with Crippen LogP contribution < -0.4 is 13.6 Å². The lowest BCUT2D eigenvalue weighted by Gasteiger charge is -2.37. The van der Waals surface area contributed by atoms with E-state index < -0.39 is 8.60 Å². The maximum absolute atomic E-state index is 11.8. The van der Waals surface area contributed by atoms with Gasteiger partial charge in [0.1, 0.15) is 23.0 Å². The Labute approximate surface area is 354 Å². The number of aryl methyl sites for hydroxylation is 2. The lowest BCUT2D eigenvalue weighted by Crippen LogP contribution is -2.24. The van der Waals surface area contributed by atoms with Crippen molar-refractivity contribution in [3.63, 3.8) is 0 Å². The molecule has 0 aliphatic carbocycles. The number of fused-ring (bicyclic) bond motifs is 2. The summed E-state index contributed by atoms with van der Waals surface area (Å²) in [6, 6.07) is 18.1. The molecule has 5 heteroatoms. The summed E-state index contributed by atoms with van der Waals surface area (Å²) in [5, 5.41) is 11.8. The predicted octanol–water partition coefficient (Wildman–Crippen LogP) is 15.6. The Bertz CT molecular complexity index is 2100. The van der Waals surface area contributed by atoms with Gasteiger partial charge in [-0.3, -0.25) is 0 Å². The van der Waals surface area contributed by atoms with Crippen molar-refractivity contribution in [3.8, 4) is 23.0 Å². The second-order valence-electron chi connectivity index (χ2n) is 23.4. The fraction of sp³-hybridized carbons (Fsp3) is 0.547. The molecule has 1 aliphatic heterocycles. The lowest BCUT2D eigenvalue weighted by molar-refractivity contribution is 0.361. The largest absolute Gasteiger partial charge is 0.530 e. The monoisotopic (exact) mass is 807 g/mol. The lowest BCUT2D eigenvalue weighted by atomic mass is 9.74. The average Bonchev–Trinajstić information content (AvgIpc) is 3.03. The number of aromatic hydroxyl groups is 1. The third-order valence-corrected chi connectivity index (χ3v) is 12.6. The maximum atomic E-state index is 11.8. The minimum Gasteiger partial charge on any atom is -0.507 e. The Morgan fingerprint density at radius 1 is 0.500 bits per heavy atom. The van der Waals surface area contributed by atoms with Gasteiger partial charge in [-0.1, -0.05) is 191 Å². The van der Waals surface area contributed by atoms with E-state index in [1.807, 2.05) is 0 Å². The number of phenolic OH excluding ortho intramolecular Hbond substituents is 1. The van der Waals surface area contributed by atoms with Gasteiger partial charge in [-0.2, -0.15) is 0 Å². The normalized spacial score (nSPS) is 16.8. The zero-order chi connectivity index (χ0) is 43.9. The van der Waals surface area contributed by atoms with E-state index in [9.17, 15) is 5.11 Å². The minimum absolute atomic E-state index is 0.0182. The zero-order valence-corrected chi connectivity index (χ0v) is 40.9. The van der Waals surface area contributed by atoms with E-state index in [-0.39, 0.29) is 38.4 Å². The molecule has 1 aliphatic rings. The molecule has 5 rings (SSSR count). The van der Waals surface area contributed by atoms with Crippen LogP contribution in [0.15, 0.2) is 48.5 Å². The van der Waals surface area contributed by atoms with Gasteiger partial charge in [0.25, 0.3) is 0 Å². The van der Waals surface area contributed by atoms with Crippen molar-refractivity contribution in [2.24, 2.45) is 0 Å². The molecule has 4 aromatic rings. The van der Waals surface area contributed by atoms with E-state index in [0.717, 1.165) is 72.9 Å². The van der Waals surface area contributed by atoms with Crippen molar-refractivity contribution in [2.75, 3.05) is 0 Å². The van der Waals surface area contributed by atoms with Crippen LogP contribution in [0.3, 0.4) is 0 Å². The van der Waals surface area contributed by atoms with E-state index in [0.29, 0.717) is 12.2 Å². The van der Waals surface area contributed by atoms with Gasteiger partial charge in [0.15, 0.2) is 0 Å². The van der Waals surface area contributed by atoms with Crippen LogP contribution in [0.25, 0.3) is 0 Å². The first-order valence-electron chi connectivity index (χ1n) is 21.4. The zero-order valence-electron chi connectivity index (χ0n) is 40.0. The molecule has 0 atom stereocenters. The molecule has 0 unspecified atom stereocenters.